The molecule has 0 saturated carbocycles. The van der Waals surface area contributed by atoms with Crippen LogP contribution in [0.4, 0.5) is 16.0 Å². The summed E-state index contributed by atoms with van der Waals surface area (Å²) in [6, 6.07) is 5.95. The summed E-state index contributed by atoms with van der Waals surface area (Å²) in [6.07, 6.45) is 4.97. The Balaban J connectivity index is 1.67. The van der Waals surface area contributed by atoms with Crippen LogP contribution in [0.2, 0.25) is 5.02 Å². The van der Waals surface area contributed by atoms with Gasteiger partial charge < -0.3 is 10.2 Å². The van der Waals surface area contributed by atoms with Crippen molar-refractivity contribution in [2.75, 3.05) is 23.3 Å². The number of nitrogens with one attached hydrogen (secondary N) is 1. The molecule has 0 aliphatic carbocycles. The van der Waals surface area contributed by atoms with Crippen molar-refractivity contribution in [3.63, 3.8) is 0 Å². The molecule has 23 heavy (non-hydrogen) atoms. The largest absolute Gasteiger partial charge is 0.340 e. The van der Waals surface area contributed by atoms with Gasteiger partial charge in [0.15, 0.2) is 0 Å². The zero-order valence-electron chi connectivity index (χ0n) is 12.4. The van der Waals surface area contributed by atoms with Crippen molar-refractivity contribution in [3.8, 4) is 0 Å². The fourth-order valence-corrected chi connectivity index (χ4v) is 2.81. The van der Waals surface area contributed by atoms with Crippen molar-refractivity contribution in [2.45, 2.75) is 12.8 Å². The second kappa shape index (κ2) is 6.91. The number of benzene rings is 1. The normalized spacial score (nSPS) is 17.8. The van der Waals surface area contributed by atoms with Crippen LogP contribution in [0.5, 0.6) is 0 Å². The van der Waals surface area contributed by atoms with Gasteiger partial charge in [-0.2, -0.15) is 0 Å². The lowest BCUT2D eigenvalue weighted by Gasteiger charge is -2.31. The molecule has 1 saturated heterocycles. The number of carbonyl (C=O) groups excluding carboxylic acids is 1. The minimum Gasteiger partial charge on any atom is -0.340 e. The zero-order chi connectivity index (χ0) is 16.2. The van der Waals surface area contributed by atoms with Crippen molar-refractivity contribution in [1.82, 2.24) is 9.97 Å². The number of amides is 1. The fourth-order valence-electron chi connectivity index (χ4n) is 2.65. The fraction of sp³-hybridized carbons (Fsp3) is 0.312. The van der Waals surface area contributed by atoms with Crippen molar-refractivity contribution in [1.29, 1.82) is 0 Å². The van der Waals surface area contributed by atoms with E-state index in [2.05, 4.69) is 15.3 Å². The molecule has 2 aromatic rings. The van der Waals surface area contributed by atoms with Gasteiger partial charge in [-0.1, -0.05) is 11.6 Å². The summed E-state index contributed by atoms with van der Waals surface area (Å²) in [4.78, 5) is 22.8. The van der Waals surface area contributed by atoms with Gasteiger partial charge in [0.1, 0.15) is 5.82 Å². The Morgan fingerprint density at radius 2 is 2.13 bits per heavy atom. The average Bonchev–Trinajstić information content (AvgIpc) is 2.58. The van der Waals surface area contributed by atoms with E-state index in [4.69, 9.17) is 11.6 Å². The van der Waals surface area contributed by atoms with E-state index in [1.54, 1.807) is 24.5 Å². The summed E-state index contributed by atoms with van der Waals surface area (Å²) in [5.41, 5.74) is 0.146. The van der Waals surface area contributed by atoms with E-state index in [1.165, 1.54) is 12.1 Å². The quantitative estimate of drug-likeness (QED) is 0.937. The molecule has 3 rings (SSSR count). The first-order valence-electron chi connectivity index (χ1n) is 7.41. The number of anilines is 2. The Bertz CT molecular complexity index is 698. The van der Waals surface area contributed by atoms with E-state index < -0.39 is 5.82 Å². The lowest BCUT2D eigenvalue weighted by atomic mass is 9.97. The summed E-state index contributed by atoms with van der Waals surface area (Å²) >= 11 is 5.72. The first-order chi connectivity index (χ1) is 11.1. The number of hydrogen-bond acceptors (Lipinski definition) is 4. The van der Waals surface area contributed by atoms with Gasteiger partial charge in [-0.15, -0.1) is 0 Å². The standard InChI is InChI=1S/C16H16ClFN4O/c17-12-4-5-14(13(18)9-12)21-15(23)11-3-1-8-22(10-11)16-19-6-2-7-20-16/h2,4-7,9,11H,1,3,8,10H2,(H,21,23). The summed E-state index contributed by atoms with van der Waals surface area (Å²) < 4.78 is 13.8. The molecule has 1 aromatic carbocycles. The van der Waals surface area contributed by atoms with Crippen LogP contribution in [0, 0.1) is 11.7 Å². The Morgan fingerprint density at radius 3 is 2.87 bits per heavy atom. The molecule has 1 amide bonds. The van der Waals surface area contributed by atoms with Crippen LogP contribution in [0.15, 0.2) is 36.7 Å². The minimum atomic E-state index is -0.537. The van der Waals surface area contributed by atoms with Crippen molar-refractivity contribution in [3.05, 3.63) is 47.5 Å². The predicted molar refractivity (Wildman–Crippen MR) is 87.0 cm³/mol. The minimum absolute atomic E-state index is 0.146. The van der Waals surface area contributed by atoms with Crippen LogP contribution in [0.25, 0.3) is 0 Å². The third-order valence-corrected chi connectivity index (χ3v) is 4.05. The maximum atomic E-state index is 13.8. The van der Waals surface area contributed by atoms with Crippen LogP contribution in [0.1, 0.15) is 12.8 Å². The number of nitrogens with zero attached hydrogens (tertiary/aromatic N) is 3. The van der Waals surface area contributed by atoms with Crippen LogP contribution < -0.4 is 10.2 Å². The second-order valence-electron chi connectivity index (χ2n) is 5.45. The maximum absolute atomic E-state index is 13.8. The monoisotopic (exact) mass is 334 g/mol. The molecular weight excluding hydrogens is 319 g/mol. The maximum Gasteiger partial charge on any atom is 0.229 e. The summed E-state index contributed by atoms with van der Waals surface area (Å²) in [6.45, 7) is 1.33. The van der Waals surface area contributed by atoms with E-state index in [0.717, 1.165) is 19.4 Å². The SMILES string of the molecule is O=C(Nc1ccc(Cl)cc1F)C1CCCN(c2ncccn2)C1. The Kier molecular flexibility index (Phi) is 4.71. The molecule has 1 atom stereocenters. The molecule has 1 fully saturated rings. The number of halogens is 2. The molecule has 1 N–H and O–H groups in total. The van der Waals surface area contributed by atoms with Gasteiger partial charge in [0.2, 0.25) is 11.9 Å². The van der Waals surface area contributed by atoms with E-state index in [9.17, 15) is 9.18 Å². The van der Waals surface area contributed by atoms with Crippen molar-refractivity contribution >= 4 is 29.1 Å². The van der Waals surface area contributed by atoms with E-state index in [1.807, 2.05) is 4.90 Å². The van der Waals surface area contributed by atoms with Gasteiger partial charge in [-0.3, -0.25) is 4.79 Å². The number of carbonyl (C=O) groups is 1. The highest BCUT2D eigenvalue weighted by molar-refractivity contribution is 6.30. The molecule has 0 spiro atoms. The molecule has 1 unspecified atom stereocenters. The van der Waals surface area contributed by atoms with Crippen molar-refractivity contribution < 1.29 is 9.18 Å². The highest BCUT2D eigenvalue weighted by atomic mass is 35.5. The lowest BCUT2D eigenvalue weighted by molar-refractivity contribution is -0.120. The van der Waals surface area contributed by atoms with Gasteiger partial charge in [0.05, 0.1) is 11.6 Å². The highest BCUT2D eigenvalue weighted by Crippen LogP contribution is 2.23. The van der Waals surface area contributed by atoms with Crippen LogP contribution in [0.3, 0.4) is 0 Å². The van der Waals surface area contributed by atoms with E-state index >= 15 is 0 Å². The van der Waals surface area contributed by atoms with Crippen molar-refractivity contribution in [2.24, 2.45) is 5.92 Å². The van der Waals surface area contributed by atoms with Crippen LogP contribution in [-0.4, -0.2) is 29.0 Å². The molecular formula is C16H16ClFN4O. The van der Waals surface area contributed by atoms with E-state index in [-0.39, 0.29) is 17.5 Å². The molecule has 5 nitrogen and oxygen atoms in total. The van der Waals surface area contributed by atoms with Gasteiger partial charge in [0, 0.05) is 30.5 Å². The summed E-state index contributed by atoms with van der Waals surface area (Å²) in [5.74, 6) is -0.359. The number of hydrogen-bond donors (Lipinski definition) is 1. The molecule has 1 aliphatic rings. The molecule has 120 valence electrons. The molecule has 2 heterocycles. The zero-order valence-corrected chi connectivity index (χ0v) is 13.1. The van der Waals surface area contributed by atoms with E-state index in [0.29, 0.717) is 17.5 Å². The number of piperidine rings is 1. The Labute approximate surface area is 138 Å². The van der Waals surface area contributed by atoms with Crippen LogP contribution >= 0.6 is 11.6 Å². The molecule has 7 heteroatoms. The number of rotatable bonds is 3. The Morgan fingerprint density at radius 1 is 1.35 bits per heavy atom. The first-order valence-corrected chi connectivity index (χ1v) is 7.79. The second-order valence-corrected chi connectivity index (χ2v) is 5.88. The third-order valence-electron chi connectivity index (χ3n) is 3.82. The highest BCUT2D eigenvalue weighted by Gasteiger charge is 2.27. The van der Waals surface area contributed by atoms with Gasteiger partial charge >= 0.3 is 0 Å². The third kappa shape index (κ3) is 3.76. The summed E-state index contributed by atoms with van der Waals surface area (Å²) in [5, 5.41) is 2.94. The first kappa shape index (κ1) is 15.7. The van der Waals surface area contributed by atoms with Gasteiger partial charge in [0.25, 0.3) is 0 Å². The Hall–Kier alpha value is -2.21. The van der Waals surface area contributed by atoms with Gasteiger partial charge in [-0.25, -0.2) is 14.4 Å². The smallest absolute Gasteiger partial charge is 0.229 e. The molecule has 0 radical (unpaired) electrons. The average molecular weight is 335 g/mol. The molecule has 0 bridgehead atoms. The van der Waals surface area contributed by atoms with Crippen LogP contribution in [-0.2, 0) is 4.79 Å². The molecule has 1 aliphatic heterocycles. The molecule has 1 aromatic heterocycles. The number of aromatic nitrogens is 2. The lowest BCUT2D eigenvalue weighted by Crippen LogP contribution is -2.41. The summed E-state index contributed by atoms with van der Waals surface area (Å²) in [7, 11) is 0. The van der Waals surface area contributed by atoms with Gasteiger partial charge in [-0.05, 0) is 37.1 Å². The topological polar surface area (TPSA) is 58.1 Å². The predicted octanol–water partition coefficient (Wildman–Crippen LogP) is 3.12.